The molecular formula is C17H24O4. The normalized spacial score (nSPS) is 10.8. The first-order valence-corrected chi connectivity index (χ1v) is 7.41. The Hall–Kier alpha value is -1.84. The highest BCUT2D eigenvalue weighted by molar-refractivity contribution is 6.00. The summed E-state index contributed by atoms with van der Waals surface area (Å²) in [5, 5.41) is 0. The van der Waals surface area contributed by atoms with Crippen LogP contribution in [0.4, 0.5) is 0 Å². The van der Waals surface area contributed by atoms with Crippen LogP contribution in [0.1, 0.15) is 44.7 Å². The summed E-state index contributed by atoms with van der Waals surface area (Å²) in [6, 6.07) is 7.51. The zero-order valence-corrected chi connectivity index (χ0v) is 13.2. The molecule has 0 fully saturated rings. The van der Waals surface area contributed by atoms with Gasteiger partial charge in [0, 0.05) is 0 Å². The molecular weight excluding hydrogens is 268 g/mol. The van der Waals surface area contributed by atoms with Crippen molar-refractivity contribution >= 4 is 11.9 Å². The standard InChI is InChI=1S/C17H24O4/c1-5-20-16(18)15(17(19)21-6-2)14-9-7-8-13(11-14)10-12(3)4/h7-9,11-12,15H,5-6,10H2,1-4H3. The summed E-state index contributed by atoms with van der Waals surface area (Å²) < 4.78 is 10.0. The zero-order chi connectivity index (χ0) is 15.8. The lowest BCUT2D eigenvalue weighted by atomic mass is 9.94. The Kier molecular flexibility index (Phi) is 6.92. The molecule has 4 heteroatoms. The highest BCUT2D eigenvalue weighted by Crippen LogP contribution is 2.22. The lowest BCUT2D eigenvalue weighted by molar-refractivity contribution is -0.156. The molecule has 0 heterocycles. The SMILES string of the molecule is CCOC(=O)C(C(=O)OCC)c1cccc(CC(C)C)c1. The van der Waals surface area contributed by atoms with E-state index in [0.29, 0.717) is 11.5 Å². The number of carbonyl (C=O) groups excluding carboxylic acids is 2. The maximum absolute atomic E-state index is 12.1. The van der Waals surface area contributed by atoms with Gasteiger partial charge in [-0.2, -0.15) is 0 Å². The van der Waals surface area contributed by atoms with Gasteiger partial charge < -0.3 is 9.47 Å². The van der Waals surface area contributed by atoms with Crippen LogP contribution in [0.2, 0.25) is 0 Å². The Morgan fingerprint density at radius 3 is 2.10 bits per heavy atom. The number of carbonyl (C=O) groups is 2. The number of hydrogen-bond donors (Lipinski definition) is 0. The van der Waals surface area contributed by atoms with Crippen LogP contribution in [-0.2, 0) is 25.5 Å². The summed E-state index contributed by atoms with van der Waals surface area (Å²) in [6.45, 7) is 8.16. The van der Waals surface area contributed by atoms with Gasteiger partial charge in [0.2, 0.25) is 0 Å². The summed E-state index contributed by atoms with van der Waals surface area (Å²) in [5.74, 6) is -1.61. The van der Waals surface area contributed by atoms with Gasteiger partial charge in [-0.25, -0.2) is 0 Å². The first kappa shape index (κ1) is 17.2. The molecule has 0 saturated carbocycles. The maximum atomic E-state index is 12.1. The van der Waals surface area contributed by atoms with E-state index in [9.17, 15) is 9.59 Å². The Bertz CT molecular complexity index is 461. The fourth-order valence-corrected chi connectivity index (χ4v) is 2.19. The molecule has 21 heavy (non-hydrogen) atoms. The molecule has 116 valence electrons. The van der Waals surface area contributed by atoms with E-state index >= 15 is 0 Å². The maximum Gasteiger partial charge on any atom is 0.324 e. The fraction of sp³-hybridized carbons (Fsp3) is 0.529. The predicted molar refractivity (Wildman–Crippen MR) is 81.0 cm³/mol. The van der Waals surface area contributed by atoms with Crippen LogP contribution in [0.15, 0.2) is 24.3 Å². The molecule has 0 aliphatic rings. The van der Waals surface area contributed by atoms with E-state index in [0.717, 1.165) is 12.0 Å². The van der Waals surface area contributed by atoms with Crippen molar-refractivity contribution in [3.63, 3.8) is 0 Å². The zero-order valence-electron chi connectivity index (χ0n) is 13.2. The van der Waals surface area contributed by atoms with Gasteiger partial charge >= 0.3 is 11.9 Å². The lowest BCUT2D eigenvalue weighted by Crippen LogP contribution is -2.26. The van der Waals surface area contributed by atoms with Crippen LogP contribution in [0.25, 0.3) is 0 Å². The average molecular weight is 292 g/mol. The van der Waals surface area contributed by atoms with Crippen molar-refractivity contribution in [3.05, 3.63) is 35.4 Å². The Morgan fingerprint density at radius 2 is 1.62 bits per heavy atom. The second-order valence-electron chi connectivity index (χ2n) is 5.28. The molecule has 0 saturated heterocycles. The molecule has 0 unspecified atom stereocenters. The highest BCUT2D eigenvalue weighted by atomic mass is 16.6. The van der Waals surface area contributed by atoms with E-state index in [-0.39, 0.29) is 13.2 Å². The van der Waals surface area contributed by atoms with Crippen molar-refractivity contribution < 1.29 is 19.1 Å². The molecule has 0 N–H and O–H groups in total. The van der Waals surface area contributed by atoms with E-state index in [1.807, 2.05) is 18.2 Å². The Balaban J connectivity index is 3.07. The van der Waals surface area contributed by atoms with Crippen molar-refractivity contribution in [2.75, 3.05) is 13.2 Å². The quantitative estimate of drug-likeness (QED) is 0.572. The molecule has 0 aromatic heterocycles. The first-order chi connectivity index (χ1) is 9.99. The fourth-order valence-electron chi connectivity index (χ4n) is 2.19. The van der Waals surface area contributed by atoms with Gasteiger partial charge in [0.15, 0.2) is 5.92 Å². The number of rotatable bonds is 7. The molecule has 0 amide bonds. The van der Waals surface area contributed by atoms with Crippen molar-refractivity contribution in [1.82, 2.24) is 0 Å². The molecule has 4 nitrogen and oxygen atoms in total. The third kappa shape index (κ3) is 5.21. The smallest absolute Gasteiger partial charge is 0.324 e. The van der Waals surface area contributed by atoms with Gasteiger partial charge in [-0.1, -0.05) is 38.1 Å². The van der Waals surface area contributed by atoms with Gasteiger partial charge in [-0.15, -0.1) is 0 Å². The van der Waals surface area contributed by atoms with E-state index in [4.69, 9.17) is 9.47 Å². The summed E-state index contributed by atoms with van der Waals surface area (Å²) in [7, 11) is 0. The van der Waals surface area contributed by atoms with Gasteiger partial charge in [0.05, 0.1) is 13.2 Å². The van der Waals surface area contributed by atoms with Crippen LogP contribution in [-0.4, -0.2) is 25.2 Å². The number of esters is 2. The highest BCUT2D eigenvalue weighted by Gasteiger charge is 2.31. The van der Waals surface area contributed by atoms with Crippen LogP contribution in [0.5, 0.6) is 0 Å². The molecule has 0 radical (unpaired) electrons. The van der Waals surface area contributed by atoms with Gasteiger partial charge in [-0.05, 0) is 37.3 Å². The van der Waals surface area contributed by atoms with E-state index in [1.54, 1.807) is 19.9 Å². The monoisotopic (exact) mass is 292 g/mol. The molecule has 1 aromatic carbocycles. The molecule has 0 aliphatic carbocycles. The second kappa shape index (κ2) is 8.45. The van der Waals surface area contributed by atoms with E-state index < -0.39 is 17.9 Å². The van der Waals surface area contributed by atoms with Crippen molar-refractivity contribution in [2.24, 2.45) is 5.92 Å². The van der Waals surface area contributed by atoms with Crippen LogP contribution in [0.3, 0.4) is 0 Å². The minimum Gasteiger partial charge on any atom is -0.465 e. The van der Waals surface area contributed by atoms with Crippen molar-refractivity contribution in [1.29, 1.82) is 0 Å². The van der Waals surface area contributed by atoms with Crippen molar-refractivity contribution in [2.45, 2.75) is 40.0 Å². The lowest BCUT2D eigenvalue weighted by Gasteiger charge is -2.16. The summed E-state index contributed by atoms with van der Waals surface area (Å²) in [4.78, 5) is 24.1. The average Bonchev–Trinajstić information content (AvgIpc) is 2.39. The Morgan fingerprint density at radius 1 is 1.05 bits per heavy atom. The number of ether oxygens (including phenoxy) is 2. The Labute approximate surface area is 126 Å². The third-order valence-corrected chi connectivity index (χ3v) is 2.97. The minimum atomic E-state index is -1.00. The number of hydrogen-bond acceptors (Lipinski definition) is 4. The second-order valence-corrected chi connectivity index (χ2v) is 5.28. The van der Waals surface area contributed by atoms with E-state index in [1.165, 1.54) is 0 Å². The van der Waals surface area contributed by atoms with E-state index in [2.05, 4.69) is 13.8 Å². The first-order valence-electron chi connectivity index (χ1n) is 7.41. The largest absolute Gasteiger partial charge is 0.465 e. The topological polar surface area (TPSA) is 52.6 Å². The molecule has 0 bridgehead atoms. The predicted octanol–water partition coefficient (Wildman–Crippen LogP) is 3.09. The van der Waals surface area contributed by atoms with Crippen molar-refractivity contribution in [3.8, 4) is 0 Å². The molecule has 0 aliphatic heterocycles. The molecule has 0 atom stereocenters. The molecule has 1 rings (SSSR count). The third-order valence-electron chi connectivity index (χ3n) is 2.97. The summed E-state index contributed by atoms with van der Waals surface area (Å²) >= 11 is 0. The van der Waals surface area contributed by atoms with Gasteiger partial charge in [0.25, 0.3) is 0 Å². The molecule has 0 spiro atoms. The van der Waals surface area contributed by atoms with Gasteiger partial charge in [0.1, 0.15) is 0 Å². The van der Waals surface area contributed by atoms with Crippen LogP contribution in [0, 0.1) is 5.92 Å². The van der Waals surface area contributed by atoms with Gasteiger partial charge in [-0.3, -0.25) is 9.59 Å². The minimum absolute atomic E-state index is 0.237. The summed E-state index contributed by atoms with van der Waals surface area (Å²) in [5.41, 5.74) is 1.73. The molecule has 1 aromatic rings. The number of benzene rings is 1. The van der Waals surface area contributed by atoms with Crippen LogP contribution < -0.4 is 0 Å². The summed E-state index contributed by atoms with van der Waals surface area (Å²) in [6.07, 6.45) is 0.895. The van der Waals surface area contributed by atoms with Crippen LogP contribution >= 0.6 is 0 Å².